The molecule has 0 saturated carbocycles. The minimum Gasteiger partial charge on any atom is -0.378 e. The number of rotatable bonds is 11. The Morgan fingerprint density at radius 2 is 1.73 bits per heavy atom. The second-order valence-corrected chi connectivity index (χ2v) is 7.60. The molecule has 0 aliphatic rings. The smallest absolute Gasteiger partial charge is 0.319 e. The molecule has 1 rings (SSSR count). The van der Waals surface area contributed by atoms with Gasteiger partial charge in [-0.3, -0.25) is 0 Å². The molecule has 0 bridgehead atoms. The van der Waals surface area contributed by atoms with Crippen LogP contribution < -0.4 is 21.3 Å². The molecule has 2 amide bonds. The molecule has 1 aromatic carbocycles. The molecular weight excluding hydrogens is 493 g/mol. The Morgan fingerprint density at radius 3 is 2.27 bits per heavy atom. The first-order valence-corrected chi connectivity index (χ1v) is 10.7. The molecule has 1 unspecified atom stereocenters. The number of amides is 2. The van der Waals surface area contributed by atoms with Crippen LogP contribution in [0.5, 0.6) is 0 Å². The van der Waals surface area contributed by atoms with Crippen molar-refractivity contribution in [2.24, 2.45) is 10.9 Å². The normalized spacial score (nSPS) is 12.3. The lowest BCUT2D eigenvalue weighted by molar-refractivity contribution is 0.0258. The topological polar surface area (TPSA) is 86.8 Å². The monoisotopic (exact) mass is 533 g/mol. The van der Waals surface area contributed by atoms with E-state index in [9.17, 15) is 4.79 Å². The Balaban J connectivity index is 0.00000841. The molecule has 4 N–H and O–H groups in total. The summed E-state index contributed by atoms with van der Waals surface area (Å²) < 4.78 is 5.80. The van der Waals surface area contributed by atoms with Gasteiger partial charge < -0.3 is 26.0 Å². The summed E-state index contributed by atoms with van der Waals surface area (Å²) in [6, 6.07) is 7.63. The van der Waals surface area contributed by atoms with Crippen LogP contribution in [-0.4, -0.2) is 43.8 Å². The van der Waals surface area contributed by atoms with Gasteiger partial charge in [0.05, 0.1) is 12.6 Å². The van der Waals surface area contributed by atoms with Crippen molar-refractivity contribution in [1.29, 1.82) is 0 Å². The highest BCUT2D eigenvalue weighted by Gasteiger charge is 2.13. The Morgan fingerprint density at radius 1 is 1.07 bits per heavy atom. The number of anilines is 1. The third kappa shape index (κ3) is 12.2. The summed E-state index contributed by atoms with van der Waals surface area (Å²) in [5.41, 5.74) is 1.84. The van der Waals surface area contributed by atoms with E-state index in [0.29, 0.717) is 12.5 Å². The van der Waals surface area contributed by atoms with Gasteiger partial charge in [-0.2, -0.15) is 0 Å². The average Bonchev–Trinajstić information content (AvgIpc) is 2.65. The molecule has 0 aromatic heterocycles. The first-order chi connectivity index (χ1) is 13.8. The minimum atomic E-state index is -0.198. The number of nitrogens with zero attached hydrogens (tertiary/aromatic N) is 1. The van der Waals surface area contributed by atoms with Crippen LogP contribution in [0.25, 0.3) is 0 Å². The van der Waals surface area contributed by atoms with Crippen LogP contribution in [0.1, 0.15) is 53.5 Å². The van der Waals surface area contributed by atoms with E-state index in [4.69, 9.17) is 4.74 Å². The van der Waals surface area contributed by atoms with Crippen LogP contribution in [-0.2, 0) is 11.3 Å². The fraction of sp³-hybridized carbons (Fsp3) is 0.636. The molecule has 1 atom stereocenters. The van der Waals surface area contributed by atoms with Gasteiger partial charge >= 0.3 is 6.03 Å². The number of ether oxygens (including phenoxy) is 1. The zero-order chi connectivity index (χ0) is 21.6. The summed E-state index contributed by atoms with van der Waals surface area (Å²) in [7, 11) is 0. The molecule has 0 saturated heterocycles. The Bertz CT molecular complexity index is 620. The van der Waals surface area contributed by atoms with Crippen LogP contribution in [0.4, 0.5) is 10.5 Å². The predicted octanol–water partition coefficient (Wildman–Crippen LogP) is 4.34. The molecule has 0 aliphatic carbocycles. The molecule has 0 heterocycles. The highest BCUT2D eigenvalue weighted by atomic mass is 127. The minimum absolute atomic E-state index is 0. The van der Waals surface area contributed by atoms with E-state index >= 15 is 0 Å². The van der Waals surface area contributed by atoms with Crippen LogP contribution >= 0.6 is 24.0 Å². The summed E-state index contributed by atoms with van der Waals surface area (Å²) in [4.78, 5) is 16.4. The first-order valence-electron chi connectivity index (χ1n) is 10.7. The van der Waals surface area contributed by atoms with Crippen molar-refractivity contribution >= 4 is 41.7 Å². The lowest BCUT2D eigenvalue weighted by atomic mass is 10.0. The van der Waals surface area contributed by atoms with Gasteiger partial charge in [0.1, 0.15) is 0 Å². The summed E-state index contributed by atoms with van der Waals surface area (Å²) >= 11 is 0. The van der Waals surface area contributed by atoms with Crippen LogP contribution in [0.2, 0.25) is 0 Å². The lowest BCUT2D eigenvalue weighted by Gasteiger charge is -2.21. The maximum atomic E-state index is 11.8. The molecule has 8 heteroatoms. The van der Waals surface area contributed by atoms with Crippen molar-refractivity contribution in [3.8, 4) is 0 Å². The second-order valence-electron chi connectivity index (χ2n) is 7.60. The zero-order valence-electron chi connectivity index (χ0n) is 19.2. The molecule has 0 radical (unpaired) electrons. The summed E-state index contributed by atoms with van der Waals surface area (Å²) in [6.07, 6.45) is 1.19. The number of benzene rings is 1. The van der Waals surface area contributed by atoms with Gasteiger partial charge in [0.25, 0.3) is 0 Å². The molecule has 1 aromatic rings. The highest BCUT2D eigenvalue weighted by molar-refractivity contribution is 14.0. The van der Waals surface area contributed by atoms with Gasteiger partial charge in [-0.05, 0) is 57.7 Å². The molecule has 7 nitrogen and oxygen atoms in total. The number of aliphatic imine (C=N–C) groups is 1. The molecule has 0 fully saturated rings. The van der Waals surface area contributed by atoms with Crippen molar-refractivity contribution in [3.63, 3.8) is 0 Å². The standard InChI is InChI=1S/C22H39N5O2.HI/c1-7-23-21(24-14-13-20(16(3)4)29-8-2)25-15-18-9-11-19(12-10-18)27-22(28)26-17(5)6;/h9-12,16-17,20H,7-8,13-15H2,1-6H3,(H2,23,24,25)(H2,26,27,28);1H. The molecular formula is C22H40IN5O2. The van der Waals surface area contributed by atoms with E-state index in [-0.39, 0.29) is 42.2 Å². The zero-order valence-corrected chi connectivity index (χ0v) is 21.6. The first kappa shape index (κ1) is 28.5. The number of halogens is 1. The molecule has 172 valence electrons. The third-order valence-electron chi connectivity index (χ3n) is 4.24. The van der Waals surface area contributed by atoms with E-state index in [2.05, 4.69) is 47.0 Å². The molecule has 0 spiro atoms. The summed E-state index contributed by atoms with van der Waals surface area (Å²) in [5, 5.41) is 12.3. The quantitative estimate of drug-likeness (QED) is 0.194. The third-order valence-corrected chi connectivity index (χ3v) is 4.24. The van der Waals surface area contributed by atoms with Crippen LogP contribution in [0, 0.1) is 5.92 Å². The number of nitrogens with one attached hydrogen (secondary N) is 4. The lowest BCUT2D eigenvalue weighted by Crippen LogP contribution is -2.39. The van der Waals surface area contributed by atoms with Crippen LogP contribution in [0.3, 0.4) is 0 Å². The van der Waals surface area contributed by atoms with E-state index < -0.39 is 0 Å². The molecule has 30 heavy (non-hydrogen) atoms. The van der Waals surface area contributed by atoms with Gasteiger partial charge in [0.15, 0.2) is 5.96 Å². The maximum absolute atomic E-state index is 11.8. The van der Waals surface area contributed by atoms with Crippen LogP contribution in [0.15, 0.2) is 29.3 Å². The second kappa shape index (κ2) is 16.2. The number of hydrogen-bond donors (Lipinski definition) is 4. The SMILES string of the molecule is CCNC(=NCc1ccc(NC(=O)NC(C)C)cc1)NCCC(OCC)C(C)C.I. The van der Waals surface area contributed by atoms with E-state index in [1.54, 1.807) is 0 Å². The maximum Gasteiger partial charge on any atom is 0.319 e. The van der Waals surface area contributed by atoms with Gasteiger partial charge in [0, 0.05) is 31.4 Å². The van der Waals surface area contributed by atoms with Crippen molar-refractivity contribution in [2.75, 3.05) is 25.0 Å². The van der Waals surface area contributed by atoms with Gasteiger partial charge in [-0.25, -0.2) is 9.79 Å². The fourth-order valence-electron chi connectivity index (χ4n) is 2.79. The van der Waals surface area contributed by atoms with Crippen molar-refractivity contribution in [3.05, 3.63) is 29.8 Å². The number of carbonyl (C=O) groups is 1. The Hall–Kier alpha value is -1.55. The molecule has 0 aliphatic heterocycles. The summed E-state index contributed by atoms with van der Waals surface area (Å²) in [5.74, 6) is 1.29. The van der Waals surface area contributed by atoms with Gasteiger partial charge in [0.2, 0.25) is 0 Å². The summed E-state index contributed by atoms with van der Waals surface area (Å²) in [6.45, 7) is 15.2. The van der Waals surface area contributed by atoms with E-state index in [1.165, 1.54) is 0 Å². The van der Waals surface area contributed by atoms with Gasteiger partial charge in [-0.1, -0.05) is 26.0 Å². The largest absolute Gasteiger partial charge is 0.378 e. The van der Waals surface area contributed by atoms with Gasteiger partial charge in [-0.15, -0.1) is 24.0 Å². The number of carbonyl (C=O) groups excluding carboxylic acids is 1. The number of urea groups is 1. The predicted molar refractivity (Wildman–Crippen MR) is 137 cm³/mol. The van der Waals surface area contributed by atoms with E-state index in [1.807, 2.05) is 45.0 Å². The van der Waals surface area contributed by atoms with E-state index in [0.717, 1.165) is 43.3 Å². The number of hydrogen-bond acceptors (Lipinski definition) is 3. The van der Waals surface area contributed by atoms with Crippen molar-refractivity contribution in [1.82, 2.24) is 16.0 Å². The fourth-order valence-corrected chi connectivity index (χ4v) is 2.79. The highest BCUT2D eigenvalue weighted by Crippen LogP contribution is 2.11. The average molecular weight is 533 g/mol. The Labute approximate surface area is 199 Å². The Kier molecular flexibility index (Phi) is 15.3. The van der Waals surface area contributed by atoms with Crippen molar-refractivity contribution in [2.45, 2.75) is 66.7 Å². The number of guanidine groups is 1. The van der Waals surface area contributed by atoms with Crippen molar-refractivity contribution < 1.29 is 9.53 Å².